The van der Waals surface area contributed by atoms with Crippen molar-refractivity contribution >= 4 is 16.0 Å². The van der Waals surface area contributed by atoms with Crippen LogP contribution in [0.15, 0.2) is 61.2 Å². The van der Waals surface area contributed by atoms with Crippen LogP contribution in [0, 0.1) is 0 Å². The summed E-state index contributed by atoms with van der Waals surface area (Å²) < 4.78 is 85.6. The number of carbonyl (C=O) groups excluding carboxylic acids is 1. The molecule has 13 heteroatoms. The molecule has 0 bridgehead atoms. The van der Waals surface area contributed by atoms with Gasteiger partial charge in [-0.25, -0.2) is 4.39 Å². The fourth-order valence-electron chi connectivity index (χ4n) is 4.30. The molecule has 0 radical (unpaired) electrons. The Bertz CT molecular complexity index is 1470. The van der Waals surface area contributed by atoms with E-state index in [1.165, 1.54) is 19.2 Å². The van der Waals surface area contributed by atoms with E-state index in [1.807, 2.05) is 45.0 Å². The maximum atomic E-state index is 13.0. The van der Waals surface area contributed by atoms with E-state index in [2.05, 4.69) is 62.5 Å². The molecule has 0 aliphatic carbocycles. The van der Waals surface area contributed by atoms with Crippen LogP contribution in [0.25, 0.3) is 0 Å². The van der Waals surface area contributed by atoms with Gasteiger partial charge in [-0.2, -0.15) is 21.6 Å². The molecule has 3 rings (SSSR count). The number of rotatable bonds is 11. The summed E-state index contributed by atoms with van der Waals surface area (Å²) >= 11 is 0. The molecule has 1 aliphatic rings. The lowest BCUT2D eigenvalue weighted by Crippen LogP contribution is -2.39. The van der Waals surface area contributed by atoms with E-state index < -0.39 is 34.7 Å². The van der Waals surface area contributed by atoms with E-state index in [4.69, 9.17) is 9.47 Å². The van der Waals surface area contributed by atoms with Crippen molar-refractivity contribution in [2.24, 2.45) is 0 Å². The Morgan fingerprint density at radius 1 is 0.849 bits per heavy atom. The van der Waals surface area contributed by atoms with Gasteiger partial charge in [0.25, 0.3) is 10.1 Å². The maximum absolute atomic E-state index is 13.0. The first kappa shape index (κ1) is 49.8. The first-order valence-electron chi connectivity index (χ1n) is 17.7. The minimum absolute atomic E-state index is 0.123. The highest BCUT2D eigenvalue weighted by Crippen LogP contribution is 2.33. The Morgan fingerprint density at radius 3 is 1.53 bits per heavy atom. The van der Waals surface area contributed by atoms with Crippen molar-refractivity contribution in [1.29, 1.82) is 0 Å². The van der Waals surface area contributed by atoms with Gasteiger partial charge in [-0.05, 0) is 110 Å². The van der Waals surface area contributed by atoms with Crippen LogP contribution >= 0.6 is 0 Å². The van der Waals surface area contributed by atoms with Gasteiger partial charge in [0, 0.05) is 29.6 Å². The molecular formula is C40H64F4N2O6S. The van der Waals surface area contributed by atoms with E-state index in [1.54, 1.807) is 45.0 Å². The highest BCUT2D eigenvalue weighted by Gasteiger charge is 2.40. The van der Waals surface area contributed by atoms with Crippen molar-refractivity contribution < 1.29 is 44.4 Å². The highest BCUT2D eigenvalue weighted by molar-refractivity contribution is 7.86. The van der Waals surface area contributed by atoms with E-state index in [9.17, 15) is 30.8 Å². The topological polar surface area (TPSA) is 93.9 Å². The third kappa shape index (κ3) is 24.0. The van der Waals surface area contributed by atoms with Gasteiger partial charge in [0.1, 0.15) is 18.1 Å². The SMILES string of the molecule is C=CC(=O)NC(C)(C)C.CC(C)(C)N1CC1.CC(C)(C)OS(C)(=O)=O.CCCCOc1ccc(C(C)(C)c2ccc(OCC(F)C(F)(F)F)cc2)cc1. The summed E-state index contributed by atoms with van der Waals surface area (Å²) in [5.41, 5.74) is 1.41. The molecule has 2 aromatic rings. The van der Waals surface area contributed by atoms with Gasteiger partial charge >= 0.3 is 6.18 Å². The maximum Gasteiger partial charge on any atom is 0.423 e. The number of halogens is 4. The minimum atomic E-state index is -4.91. The number of amides is 1. The smallest absolute Gasteiger partial charge is 0.423 e. The largest absolute Gasteiger partial charge is 0.494 e. The number of hydrogen-bond donors (Lipinski definition) is 1. The van der Waals surface area contributed by atoms with Gasteiger partial charge in [0.05, 0.1) is 18.5 Å². The monoisotopic (exact) mass is 776 g/mol. The van der Waals surface area contributed by atoms with Gasteiger partial charge in [0.2, 0.25) is 12.1 Å². The Hall–Kier alpha value is -3.16. The van der Waals surface area contributed by atoms with E-state index in [0.29, 0.717) is 12.1 Å². The van der Waals surface area contributed by atoms with Crippen LogP contribution in [-0.4, -0.2) is 80.8 Å². The second-order valence-corrected chi connectivity index (χ2v) is 17.8. The number of nitrogens with zero attached hydrogens (tertiary/aromatic N) is 1. The van der Waals surface area contributed by atoms with E-state index in [-0.39, 0.29) is 22.6 Å². The third-order valence-electron chi connectivity index (χ3n) is 7.15. The van der Waals surface area contributed by atoms with Crippen molar-refractivity contribution in [3.8, 4) is 11.5 Å². The number of carbonyl (C=O) groups is 1. The molecule has 8 nitrogen and oxygen atoms in total. The number of unbranched alkanes of at least 4 members (excludes halogenated alkanes) is 1. The van der Waals surface area contributed by atoms with Gasteiger partial charge in [-0.15, -0.1) is 0 Å². The molecule has 1 unspecified atom stereocenters. The molecule has 1 amide bonds. The van der Waals surface area contributed by atoms with Crippen LogP contribution in [0.1, 0.15) is 107 Å². The lowest BCUT2D eigenvalue weighted by Gasteiger charge is -2.26. The average molecular weight is 777 g/mol. The second kappa shape index (κ2) is 21.1. The first-order chi connectivity index (χ1) is 23.9. The highest BCUT2D eigenvalue weighted by atomic mass is 32.2. The summed E-state index contributed by atoms with van der Waals surface area (Å²) in [7, 11) is -3.28. The van der Waals surface area contributed by atoms with Gasteiger partial charge in [-0.3, -0.25) is 13.9 Å². The molecule has 0 aromatic heterocycles. The second-order valence-electron chi connectivity index (χ2n) is 16.2. The Balaban J connectivity index is 0.000000871. The molecule has 1 fully saturated rings. The minimum Gasteiger partial charge on any atom is -0.494 e. The zero-order valence-corrected chi connectivity index (χ0v) is 34.9. The Kier molecular flexibility index (Phi) is 19.8. The summed E-state index contributed by atoms with van der Waals surface area (Å²) in [6.07, 6.45) is -3.51. The van der Waals surface area contributed by atoms with Crippen molar-refractivity contribution in [1.82, 2.24) is 10.2 Å². The van der Waals surface area contributed by atoms with Crippen molar-refractivity contribution in [2.45, 2.75) is 130 Å². The summed E-state index contributed by atoms with van der Waals surface area (Å²) in [4.78, 5) is 13.0. The lowest BCUT2D eigenvalue weighted by atomic mass is 9.78. The average Bonchev–Trinajstić information content (AvgIpc) is 3.85. The Labute approximate surface area is 316 Å². The number of nitrogens with one attached hydrogen (secondary N) is 1. The molecule has 2 aromatic carbocycles. The molecule has 1 saturated heterocycles. The van der Waals surface area contributed by atoms with Gasteiger partial charge in [0.15, 0.2) is 0 Å². The summed E-state index contributed by atoms with van der Waals surface area (Å²) in [6.45, 7) is 29.4. The standard InChI is InChI=1S/C22H26F4O2.C7H13NO.C6H13N.C5H12O3S/c1-4-5-14-27-18-10-6-16(7-11-18)21(2,3)17-8-12-19(13-9-17)28-15-20(23)22(24,25)26;1-5-6(9)8-7(2,3)4;1-6(2,3)7-4-5-7;1-5(2,3)8-9(4,6)7/h6-13,20H,4-5,14-15H2,1-3H3;5H,1H2,2-4H3,(H,8,9);4-5H2,1-3H3;1-4H3. The van der Waals surface area contributed by atoms with Gasteiger partial charge in [-0.1, -0.05) is 58.0 Å². The molecule has 1 N–H and O–H groups in total. The number of alkyl halides is 4. The van der Waals surface area contributed by atoms with Crippen LogP contribution in [0.4, 0.5) is 17.6 Å². The molecule has 53 heavy (non-hydrogen) atoms. The first-order valence-corrected chi connectivity index (χ1v) is 19.5. The normalized spacial score (nSPS) is 14.1. The summed E-state index contributed by atoms with van der Waals surface area (Å²) in [6, 6.07) is 14.5. The van der Waals surface area contributed by atoms with Gasteiger partial charge < -0.3 is 14.8 Å². The number of benzene rings is 2. The quantitative estimate of drug-likeness (QED) is 0.0800. The molecule has 1 aliphatic heterocycles. The number of hydrogen-bond acceptors (Lipinski definition) is 7. The number of ether oxygens (including phenoxy) is 2. The van der Waals surface area contributed by atoms with Crippen molar-refractivity contribution in [3.63, 3.8) is 0 Å². The fourth-order valence-corrected chi connectivity index (χ4v) is 5.20. The molecule has 0 saturated carbocycles. The third-order valence-corrected chi connectivity index (χ3v) is 7.95. The molecular weight excluding hydrogens is 713 g/mol. The zero-order chi connectivity index (χ0) is 41.5. The molecule has 1 atom stereocenters. The van der Waals surface area contributed by atoms with Crippen molar-refractivity contribution in [2.75, 3.05) is 32.6 Å². The zero-order valence-electron chi connectivity index (χ0n) is 34.0. The van der Waals surface area contributed by atoms with Crippen LogP contribution in [0.3, 0.4) is 0 Å². The van der Waals surface area contributed by atoms with Crippen LogP contribution in [-0.2, 0) is 24.5 Å². The Morgan fingerprint density at radius 2 is 1.28 bits per heavy atom. The predicted octanol–water partition coefficient (Wildman–Crippen LogP) is 9.42. The molecule has 0 spiro atoms. The summed E-state index contributed by atoms with van der Waals surface area (Å²) in [5, 5.41) is 2.71. The van der Waals surface area contributed by atoms with Crippen molar-refractivity contribution in [3.05, 3.63) is 72.3 Å². The van der Waals surface area contributed by atoms with E-state index in [0.717, 1.165) is 36.0 Å². The van der Waals surface area contributed by atoms with E-state index >= 15 is 0 Å². The predicted molar refractivity (Wildman–Crippen MR) is 207 cm³/mol. The lowest BCUT2D eigenvalue weighted by molar-refractivity contribution is -0.187. The van der Waals surface area contributed by atoms with Crippen LogP contribution in [0.2, 0.25) is 0 Å². The van der Waals surface area contributed by atoms with Crippen LogP contribution in [0.5, 0.6) is 11.5 Å². The van der Waals surface area contributed by atoms with Crippen LogP contribution < -0.4 is 14.8 Å². The molecule has 304 valence electrons. The fraction of sp³-hybridized carbons (Fsp3) is 0.625. The summed E-state index contributed by atoms with van der Waals surface area (Å²) in [5.74, 6) is 0.899. The molecule has 1 heterocycles.